The topological polar surface area (TPSA) is 68.8 Å². The molecule has 4 rings (SSSR count). The Balaban J connectivity index is 1.42. The third-order valence-corrected chi connectivity index (χ3v) is 6.57. The molecule has 0 atom stereocenters. The summed E-state index contributed by atoms with van der Waals surface area (Å²) in [5.41, 5.74) is 3.43. The summed E-state index contributed by atoms with van der Waals surface area (Å²) in [4.78, 5) is 16.4. The van der Waals surface area contributed by atoms with Gasteiger partial charge in [0.15, 0.2) is 0 Å². The van der Waals surface area contributed by atoms with Crippen molar-refractivity contribution < 1.29 is 4.74 Å². The van der Waals surface area contributed by atoms with Crippen molar-refractivity contribution in [3.05, 3.63) is 48.0 Å². The van der Waals surface area contributed by atoms with E-state index in [4.69, 9.17) is 14.7 Å². The van der Waals surface area contributed by atoms with Crippen LogP contribution in [0.5, 0.6) is 5.75 Å². The van der Waals surface area contributed by atoms with Crippen molar-refractivity contribution in [2.24, 2.45) is 0 Å². The van der Waals surface area contributed by atoms with Gasteiger partial charge >= 0.3 is 0 Å². The van der Waals surface area contributed by atoms with Gasteiger partial charge in [-0.25, -0.2) is 4.98 Å². The normalized spacial score (nSPS) is 14.9. The van der Waals surface area contributed by atoms with Gasteiger partial charge in [0.2, 0.25) is 5.95 Å². The number of aromatic nitrogens is 2. The molecule has 2 heterocycles. The number of likely N-dealkylation sites (tertiary alicyclic amines) is 1. The zero-order chi connectivity index (χ0) is 24.8. The summed E-state index contributed by atoms with van der Waals surface area (Å²) in [6.07, 6.45) is 2.13. The highest BCUT2D eigenvalue weighted by Crippen LogP contribution is 2.31. The second-order valence-electron chi connectivity index (χ2n) is 9.69. The largest absolute Gasteiger partial charge is 0.496 e. The lowest BCUT2D eigenvalue weighted by Crippen LogP contribution is -2.39. The number of anilines is 3. The van der Waals surface area contributed by atoms with E-state index in [2.05, 4.69) is 83.9 Å². The van der Waals surface area contributed by atoms with Crippen molar-refractivity contribution in [1.82, 2.24) is 19.8 Å². The monoisotopic (exact) mass is 477 g/mol. The number of para-hydroxylation sites is 1. The minimum Gasteiger partial charge on any atom is -0.496 e. The van der Waals surface area contributed by atoms with Crippen LogP contribution < -0.4 is 20.3 Å². The first kappa shape index (κ1) is 25.0. The molecule has 0 saturated carbocycles. The van der Waals surface area contributed by atoms with Gasteiger partial charge < -0.3 is 25.2 Å². The Morgan fingerprint density at radius 2 is 1.77 bits per heavy atom. The summed E-state index contributed by atoms with van der Waals surface area (Å²) < 4.78 is 5.68. The number of ether oxygens (including phenoxy) is 1. The van der Waals surface area contributed by atoms with Gasteiger partial charge in [0.05, 0.1) is 12.6 Å². The number of hydrogen-bond acceptors (Lipinski definition) is 8. The van der Waals surface area contributed by atoms with Gasteiger partial charge in [0.25, 0.3) is 0 Å². The summed E-state index contributed by atoms with van der Waals surface area (Å²) in [7, 11) is 10.1. The van der Waals surface area contributed by atoms with Crippen LogP contribution in [0.3, 0.4) is 0 Å². The fourth-order valence-electron chi connectivity index (χ4n) is 4.63. The second-order valence-corrected chi connectivity index (χ2v) is 9.69. The predicted octanol–water partition coefficient (Wildman–Crippen LogP) is 3.75. The van der Waals surface area contributed by atoms with Crippen LogP contribution in [0, 0.1) is 0 Å². The lowest BCUT2D eigenvalue weighted by Gasteiger charge is -2.34. The number of likely N-dealkylation sites (N-methyl/N-ethyl adjacent to an activating group) is 1. The number of nitrogens with zero attached hydrogens (tertiary/aromatic N) is 5. The summed E-state index contributed by atoms with van der Waals surface area (Å²) in [5.74, 6) is 2.55. The van der Waals surface area contributed by atoms with Crippen molar-refractivity contribution >= 4 is 28.4 Å². The third kappa shape index (κ3) is 6.32. The first-order valence-electron chi connectivity index (χ1n) is 12.4. The van der Waals surface area contributed by atoms with Gasteiger partial charge in [-0.1, -0.05) is 18.2 Å². The highest BCUT2D eigenvalue weighted by Gasteiger charge is 2.23. The van der Waals surface area contributed by atoms with Crippen LogP contribution in [0.4, 0.5) is 17.5 Å². The predicted molar refractivity (Wildman–Crippen MR) is 146 cm³/mol. The van der Waals surface area contributed by atoms with E-state index in [1.807, 2.05) is 12.1 Å². The number of rotatable bonds is 10. The van der Waals surface area contributed by atoms with Crippen LogP contribution in [0.1, 0.15) is 18.4 Å². The maximum atomic E-state index is 5.68. The van der Waals surface area contributed by atoms with Crippen molar-refractivity contribution in [2.45, 2.75) is 25.4 Å². The number of methoxy groups -OCH3 is 1. The summed E-state index contributed by atoms with van der Waals surface area (Å²) in [6.45, 7) is 4.68. The lowest BCUT2D eigenvalue weighted by molar-refractivity contribution is 0.209. The Hall–Kier alpha value is -3.10. The van der Waals surface area contributed by atoms with Gasteiger partial charge in [-0.3, -0.25) is 4.90 Å². The summed E-state index contributed by atoms with van der Waals surface area (Å²) in [5, 5.41) is 8.18. The van der Waals surface area contributed by atoms with Crippen LogP contribution in [0.2, 0.25) is 0 Å². The van der Waals surface area contributed by atoms with E-state index in [1.165, 1.54) is 11.3 Å². The fraction of sp³-hybridized carbons (Fsp3) is 0.481. The molecule has 188 valence electrons. The fourth-order valence-corrected chi connectivity index (χ4v) is 4.63. The molecular weight excluding hydrogens is 438 g/mol. The molecule has 0 spiro atoms. The van der Waals surface area contributed by atoms with Crippen LogP contribution in [-0.2, 0) is 6.54 Å². The Morgan fingerprint density at radius 3 is 2.49 bits per heavy atom. The van der Waals surface area contributed by atoms with Crippen molar-refractivity contribution in [1.29, 1.82) is 0 Å². The van der Waals surface area contributed by atoms with Gasteiger partial charge in [-0.05, 0) is 51.2 Å². The molecule has 0 bridgehead atoms. The highest BCUT2D eigenvalue weighted by atomic mass is 16.5. The van der Waals surface area contributed by atoms with Gasteiger partial charge in [0, 0.05) is 69.5 Å². The molecule has 0 amide bonds. The first-order chi connectivity index (χ1) is 16.9. The molecule has 8 heteroatoms. The summed E-state index contributed by atoms with van der Waals surface area (Å²) in [6, 6.07) is 14.9. The van der Waals surface area contributed by atoms with E-state index in [9.17, 15) is 0 Å². The minimum absolute atomic E-state index is 0.380. The van der Waals surface area contributed by atoms with Crippen molar-refractivity contribution in [2.75, 3.05) is 77.0 Å². The van der Waals surface area contributed by atoms with Crippen molar-refractivity contribution in [3.8, 4) is 5.75 Å². The standard InChI is InChI=1S/C27H39N7O/c1-32(2)18-15-28-27-30-23-10-7-6-9-21(23)26(31-27)29-20-13-16-34(17-14-20)19-22-24(33(3)4)11-8-12-25(22)35-5/h6-12,20H,13-19H2,1-5H3,(H2,28,29,30,31). The van der Waals surface area contributed by atoms with E-state index in [-0.39, 0.29) is 0 Å². The molecule has 1 aliphatic rings. The van der Waals surface area contributed by atoms with Crippen LogP contribution in [0.15, 0.2) is 42.5 Å². The smallest absolute Gasteiger partial charge is 0.225 e. The highest BCUT2D eigenvalue weighted by molar-refractivity contribution is 5.90. The average Bonchev–Trinajstić information content (AvgIpc) is 2.85. The molecule has 1 fully saturated rings. The molecule has 1 saturated heterocycles. The number of hydrogen-bond donors (Lipinski definition) is 2. The Bertz CT molecular complexity index is 1110. The second kappa shape index (κ2) is 11.6. The maximum absolute atomic E-state index is 5.68. The average molecular weight is 478 g/mol. The Morgan fingerprint density at radius 1 is 1.00 bits per heavy atom. The lowest BCUT2D eigenvalue weighted by atomic mass is 10.0. The zero-order valence-electron chi connectivity index (χ0n) is 21.7. The molecule has 0 aliphatic carbocycles. The Labute approximate surface area is 209 Å². The SMILES string of the molecule is COc1cccc(N(C)C)c1CN1CCC(Nc2nc(NCCN(C)C)nc3ccccc23)CC1. The molecular formula is C27H39N7O. The number of benzene rings is 2. The van der Waals surface area contributed by atoms with Crippen LogP contribution in [-0.4, -0.2) is 87.3 Å². The molecule has 1 aliphatic heterocycles. The molecule has 1 aromatic heterocycles. The van der Waals surface area contributed by atoms with Crippen LogP contribution >= 0.6 is 0 Å². The molecule has 2 N–H and O–H groups in total. The van der Waals surface area contributed by atoms with Gasteiger partial charge in [-0.15, -0.1) is 0 Å². The van der Waals surface area contributed by atoms with E-state index < -0.39 is 0 Å². The molecule has 8 nitrogen and oxygen atoms in total. The van der Waals surface area contributed by atoms with E-state index in [1.54, 1.807) is 7.11 Å². The third-order valence-electron chi connectivity index (χ3n) is 6.57. The van der Waals surface area contributed by atoms with Crippen molar-refractivity contribution in [3.63, 3.8) is 0 Å². The van der Waals surface area contributed by atoms with Gasteiger partial charge in [0.1, 0.15) is 11.6 Å². The van der Waals surface area contributed by atoms with E-state index >= 15 is 0 Å². The maximum Gasteiger partial charge on any atom is 0.225 e. The quantitative estimate of drug-likeness (QED) is 0.458. The first-order valence-corrected chi connectivity index (χ1v) is 12.4. The van der Waals surface area contributed by atoms with Gasteiger partial charge in [-0.2, -0.15) is 4.98 Å². The number of nitrogens with one attached hydrogen (secondary N) is 2. The molecule has 35 heavy (non-hydrogen) atoms. The Kier molecular flexibility index (Phi) is 8.25. The molecule has 2 aromatic carbocycles. The van der Waals surface area contributed by atoms with E-state index in [0.29, 0.717) is 12.0 Å². The number of fused-ring (bicyclic) bond motifs is 1. The molecule has 0 radical (unpaired) electrons. The number of piperidine rings is 1. The summed E-state index contributed by atoms with van der Waals surface area (Å²) >= 11 is 0. The molecule has 3 aromatic rings. The van der Waals surface area contributed by atoms with E-state index in [0.717, 1.165) is 68.0 Å². The molecule has 0 unspecified atom stereocenters. The zero-order valence-corrected chi connectivity index (χ0v) is 21.7. The van der Waals surface area contributed by atoms with Crippen LogP contribution in [0.25, 0.3) is 10.9 Å². The minimum atomic E-state index is 0.380.